The quantitative estimate of drug-likeness (QED) is 0.430. The monoisotopic (exact) mass is 381 g/mol. The van der Waals surface area contributed by atoms with Gasteiger partial charge < -0.3 is 15.4 Å². The largest absolute Gasteiger partial charge is 0.504 e. The molecule has 1 aliphatic heterocycles. The summed E-state index contributed by atoms with van der Waals surface area (Å²) in [7, 11) is 1.83. The van der Waals surface area contributed by atoms with Crippen LogP contribution in [0.4, 0.5) is 0 Å². The number of nitrogens with one attached hydrogen (secondary N) is 2. The second-order valence-electron chi connectivity index (χ2n) is 7.56. The molecule has 0 radical (unpaired) electrons. The molecule has 5 aromatic rings. The van der Waals surface area contributed by atoms with Gasteiger partial charge >= 0.3 is 0 Å². The van der Waals surface area contributed by atoms with Gasteiger partial charge in [0.1, 0.15) is 11.4 Å². The van der Waals surface area contributed by atoms with E-state index in [4.69, 9.17) is 4.98 Å². The molecule has 0 bridgehead atoms. The van der Waals surface area contributed by atoms with Gasteiger partial charge in [-0.1, -0.05) is 36.4 Å². The molecule has 142 valence electrons. The van der Waals surface area contributed by atoms with E-state index in [0.29, 0.717) is 17.2 Å². The first-order chi connectivity index (χ1) is 14.2. The van der Waals surface area contributed by atoms with Crippen molar-refractivity contribution in [2.45, 2.75) is 13.1 Å². The number of rotatable bonds is 2. The Kier molecular flexibility index (Phi) is 3.34. The highest BCUT2D eigenvalue weighted by Crippen LogP contribution is 2.38. The van der Waals surface area contributed by atoms with Crippen molar-refractivity contribution in [3.63, 3.8) is 0 Å². The van der Waals surface area contributed by atoms with Crippen molar-refractivity contribution in [1.29, 1.82) is 0 Å². The van der Waals surface area contributed by atoms with Crippen molar-refractivity contribution < 1.29 is 5.11 Å². The van der Waals surface area contributed by atoms with Gasteiger partial charge in [-0.3, -0.25) is 4.68 Å². The summed E-state index contributed by atoms with van der Waals surface area (Å²) in [6.45, 7) is 1.75. The van der Waals surface area contributed by atoms with Gasteiger partial charge in [0, 0.05) is 25.7 Å². The molecule has 2 aromatic heterocycles. The fourth-order valence-corrected chi connectivity index (χ4v) is 4.23. The minimum absolute atomic E-state index is 0.135. The maximum Gasteiger partial charge on any atom is 0.173 e. The minimum atomic E-state index is 0.135. The van der Waals surface area contributed by atoms with Crippen molar-refractivity contribution >= 4 is 21.8 Å². The molecule has 0 saturated heterocycles. The summed E-state index contributed by atoms with van der Waals surface area (Å²) in [6, 6.07) is 18.5. The van der Waals surface area contributed by atoms with Crippen molar-refractivity contribution in [2.75, 3.05) is 0 Å². The first kappa shape index (κ1) is 16.3. The smallest absolute Gasteiger partial charge is 0.173 e. The second-order valence-corrected chi connectivity index (χ2v) is 7.56. The highest BCUT2D eigenvalue weighted by atomic mass is 16.3. The van der Waals surface area contributed by atoms with Crippen LogP contribution in [0.5, 0.6) is 5.75 Å². The van der Waals surface area contributed by atoms with Crippen LogP contribution >= 0.6 is 0 Å². The highest BCUT2D eigenvalue weighted by molar-refractivity contribution is 5.89. The second kappa shape index (κ2) is 5.93. The van der Waals surface area contributed by atoms with Gasteiger partial charge in [0.2, 0.25) is 0 Å². The highest BCUT2D eigenvalue weighted by Gasteiger charge is 2.22. The SMILES string of the molecule is Cn1nc(-c2ccc3ccccc3c2)c(O)c1-c1nc2cc3c(cc2[nH]1)CNC3. The molecule has 3 heterocycles. The predicted molar refractivity (Wildman–Crippen MR) is 113 cm³/mol. The molecule has 0 atom stereocenters. The number of aromatic hydroxyl groups is 1. The summed E-state index contributed by atoms with van der Waals surface area (Å²) in [4.78, 5) is 8.09. The molecule has 6 nitrogen and oxygen atoms in total. The Morgan fingerprint density at radius 3 is 2.62 bits per heavy atom. The fourth-order valence-electron chi connectivity index (χ4n) is 4.23. The van der Waals surface area contributed by atoms with Crippen molar-refractivity contribution in [1.82, 2.24) is 25.1 Å². The summed E-state index contributed by atoms with van der Waals surface area (Å²) in [6.07, 6.45) is 0. The average Bonchev–Trinajstić information content (AvgIpc) is 3.42. The lowest BCUT2D eigenvalue weighted by molar-refractivity contribution is 0.478. The number of imidazole rings is 1. The first-order valence-electron chi connectivity index (χ1n) is 9.65. The van der Waals surface area contributed by atoms with Crippen LogP contribution < -0.4 is 5.32 Å². The van der Waals surface area contributed by atoms with Crippen LogP contribution in [0.15, 0.2) is 54.6 Å². The Bertz CT molecular complexity index is 1370. The number of hydrogen-bond donors (Lipinski definition) is 3. The van der Waals surface area contributed by atoms with E-state index in [2.05, 4.69) is 51.8 Å². The van der Waals surface area contributed by atoms with Crippen LogP contribution in [0.25, 0.3) is 44.6 Å². The van der Waals surface area contributed by atoms with Crippen molar-refractivity contribution in [3.05, 3.63) is 65.7 Å². The molecule has 3 aromatic carbocycles. The Morgan fingerprint density at radius 1 is 0.966 bits per heavy atom. The molecule has 6 heteroatoms. The third-order valence-electron chi connectivity index (χ3n) is 5.70. The van der Waals surface area contributed by atoms with Gasteiger partial charge in [0.15, 0.2) is 11.6 Å². The number of H-pyrrole nitrogens is 1. The molecule has 0 aliphatic carbocycles. The Morgan fingerprint density at radius 2 is 1.76 bits per heavy atom. The molecule has 0 spiro atoms. The van der Waals surface area contributed by atoms with Crippen LogP contribution in [0, 0.1) is 0 Å². The van der Waals surface area contributed by atoms with Crippen LogP contribution in [0.2, 0.25) is 0 Å². The molecule has 3 N–H and O–H groups in total. The van der Waals surface area contributed by atoms with E-state index < -0.39 is 0 Å². The number of aromatic nitrogens is 4. The van der Waals surface area contributed by atoms with Gasteiger partial charge in [-0.15, -0.1) is 0 Å². The van der Waals surface area contributed by atoms with E-state index in [1.807, 2.05) is 25.2 Å². The topological polar surface area (TPSA) is 78.8 Å². The van der Waals surface area contributed by atoms with Gasteiger partial charge in [-0.2, -0.15) is 5.10 Å². The summed E-state index contributed by atoms with van der Waals surface area (Å²) >= 11 is 0. The average molecular weight is 381 g/mol. The van der Waals surface area contributed by atoms with E-state index in [9.17, 15) is 5.11 Å². The third kappa shape index (κ3) is 2.46. The molecule has 0 amide bonds. The van der Waals surface area contributed by atoms with Crippen LogP contribution in [-0.4, -0.2) is 24.9 Å². The molecule has 0 unspecified atom stereocenters. The van der Waals surface area contributed by atoms with Gasteiger partial charge in [-0.05, 0) is 40.1 Å². The number of aryl methyl sites for hydroxylation is 1. The van der Waals surface area contributed by atoms with E-state index >= 15 is 0 Å². The Hall–Kier alpha value is -3.64. The zero-order valence-corrected chi connectivity index (χ0v) is 15.9. The van der Waals surface area contributed by atoms with Gasteiger partial charge in [-0.25, -0.2) is 4.98 Å². The lowest BCUT2D eigenvalue weighted by Crippen LogP contribution is -1.99. The summed E-state index contributed by atoms with van der Waals surface area (Å²) in [5.74, 6) is 0.757. The zero-order chi connectivity index (χ0) is 19.5. The maximum absolute atomic E-state index is 11.0. The summed E-state index contributed by atoms with van der Waals surface area (Å²) in [5, 5.41) is 21.2. The third-order valence-corrected chi connectivity index (χ3v) is 5.70. The van der Waals surface area contributed by atoms with E-state index in [0.717, 1.165) is 40.5 Å². The first-order valence-corrected chi connectivity index (χ1v) is 9.65. The molecule has 1 aliphatic rings. The molecular weight excluding hydrogens is 362 g/mol. The molecular formula is C23H19N5O. The van der Waals surface area contributed by atoms with Crippen LogP contribution in [0.3, 0.4) is 0 Å². The molecule has 29 heavy (non-hydrogen) atoms. The van der Waals surface area contributed by atoms with E-state index in [1.165, 1.54) is 11.1 Å². The zero-order valence-electron chi connectivity index (χ0n) is 15.9. The number of fused-ring (bicyclic) bond motifs is 3. The van der Waals surface area contributed by atoms with Gasteiger partial charge in [0.25, 0.3) is 0 Å². The van der Waals surface area contributed by atoms with Crippen LogP contribution in [0.1, 0.15) is 11.1 Å². The maximum atomic E-state index is 11.0. The number of aromatic amines is 1. The summed E-state index contributed by atoms with van der Waals surface area (Å²) < 4.78 is 1.69. The standard InChI is InChI=1S/C23H19N5O/c1-28-21(23-25-18-9-16-11-24-12-17(16)10-19(18)26-23)22(29)20(27-28)15-7-6-13-4-2-3-5-14(13)8-15/h2-10,24,29H,11-12H2,1H3,(H,25,26). The van der Waals surface area contributed by atoms with Crippen LogP contribution in [-0.2, 0) is 20.1 Å². The lowest BCUT2D eigenvalue weighted by Gasteiger charge is -2.01. The molecule has 0 saturated carbocycles. The normalized spacial score (nSPS) is 13.4. The van der Waals surface area contributed by atoms with Gasteiger partial charge in [0.05, 0.1) is 11.0 Å². The number of nitrogens with zero attached hydrogens (tertiary/aromatic N) is 3. The van der Waals surface area contributed by atoms with Crippen molar-refractivity contribution in [3.8, 4) is 28.5 Å². The molecule has 0 fully saturated rings. The Balaban J connectivity index is 1.49. The Labute approximate surface area is 166 Å². The minimum Gasteiger partial charge on any atom is -0.504 e. The predicted octanol–water partition coefficient (Wildman–Crippen LogP) is 4.09. The lowest BCUT2D eigenvalue weighted by atomic mass is 10.0. The van der Waals surface area contributed by atoms with E-state index in [-0.39, 0.29) is 5.75 Å². The van der Waals surface area contributed by atoms with E-state index in [1.54, 1.807) is 4.68 Å². The number of hydrogen-bond acceptors (Lipinski definition) is 4. The summed E-state index contributed by atoms with van der Waals surface area (Å²) in [5.41, 5.74) is 6.46. The van der Waals surface area contributed by atoms with Crippen molar-refractivity contribution in [2.24, 2.45) is 7.05 Å². The number of benzene rings is 3. The fraction of sp³-hybridized carbons (Fsp3) is 0.130. The molecule has 6 rings (SSSR count).